The Morgan fingerprint density at radius 3 is 1.88 bits per heavy atom. The molecule has 0 saturated heterocycles. The zero-order valence-electron chi connectivity index (χ0n) is 42.9. The summed E-state index contributed by atoms with van der Waals surface area (Å²) in [4.78, 5) is 57.8. The van der Waals surface area contributed by atoms with E-state index >= 15 is 0 Å². The number of hydrogen-bond donors (Lipinski definition) is 4. The molecule has 78 heavy (non-hydrogen) atoms. The summed E-state index contributed by atoms with van der Waals surface area (Å²) in [6.07, 6.45) is -5.17. The molecule has 0 aliphatic heterocycles. The molecule has 0 saturated carbocycles. The first-order valence-corrected chi connectivity index (χ1v) is 27.6. The highest BCUT2D eigenvalue weighted by molar-refractivity contribution is 7.93. The van der Waals surface area contributed by atoms with E-state index in [1.54, 1.807) is 15.5 Å². The monoisotopic (exact) mass is 1190 g/mol. The van der Waals surface area contributed by atoms with E-state index in [4.69, 9.17) is 46.6 Å². The van der Waals surface area contributed by atoms with E-state index in [0.29, 0.717) is 22.4 Å². The fourth-order valence-electron chi connectivity index (χ4n) is 5.85. The first-order valence-electron chi connectivity index (χ1n) is 22.2. The van der Waals surface area contributed by atoms with Gasteiger partial charge in [-0.05, 0) is 57.0 Å². The van der Waals surface area contributed by atoms with E-state index < -0.39 is 81.5 Å². The maximum absolute atomic E-state index is 12.5. The van der Waals surface area contributed by atoms with Gasteiger partial charge in [0.1, 0.15) is 16.5 Å². The highest BCUT2D eigenvalue weighted by Gasteiger charge is 2.31. The molecular formula is C44H51Cl2F3N12O14S3. The van der Waals surface area contributed by atoms with Crippen molar-refractivity contribution < 1.29 is 71.4 Å². The number of hydrogen-bond acceptors (Lipinski definition) is 21. The Hall–Kier alpha value is -7.42. The highest BCUT2D eigenvalue weighted by Crippen LogP contribution is 2.34. The van der Waals surface area contributed by atoms with Crippen LogP contribution in [0.3, 0.4) is 0 Å². The van der Waals surface area contributed by atoms with Crippen molar-refractivity contribution in [1.29, 1.82) is 0 Å². The standard InChI is InChI=1S/C15H18Cl2N2O3.C15H16F3N5O4S.C14H17N5O7S2/c1-8(2)21-12-7-11(9(16)6-10(12)17)19-14(20)22-13(18-19)15(3,4)5;1-9-19-12(22-14(20-9)27-2)21-13(24)23-28(25,26)11-6-4-3-5-10(11)7-8-15(16,17)18;1-4-27(21,22)9-6-5-7-15-12(9)28(23,24)19-14(20)18-13-16-10(25-2)8-11(17-13)26-3/h6-8H,1-5H3;3-6H,7-8H2,1-2H3,(H2,19,20,21,22,23,24);5-8H,4H2,1-3H3,(H2,16,17,18,19,20). The molecule has 0 aliphatic carbocycles. The van der Waals surface area contributed by atoms with Crippen molar-refractivity contribution in [3.63, 3.8) is 0 Å². The third kappa shape index (κ3) is 18.1. The molecule has 6 rings (SSSR count). The van der Waals surface area contributed by atoms with Crippen LogP contribution in [0.5, 0.6) is 23.5 Å². The fourth-order valence-corrected chi connectivity index (χ4v) is 10.1. The minimum atomic E-state index is -4.61. The van der Waals surface area contributed by atoms with Gasteiger partial charge >= 0.3 is 30.0 Å². The molecule has 34 heteroatoms. The lowest BCUT2D eigenvalue weighted by Gasteiger charge is -2.13. The number of rotatable bonds is 16. The number of amides is 4. The maximum atomic E-state index is 12.5. The second-order valence-corrected chi connectivity index (χ2v) is 23.1. The number of aryl methyl sites for hydroxylation is 2. The fraction of sp³-hybridized carbons (Fsp3) is 0.364. The highest BCUT2D eigenvalue weighted by atomic mass is 35.5. The van der Waals surface area contributed by atoms with Crippen molar-refractivity contribution >= 4 is 77.0 Å². The second kappa shape index (κ2) is 26.3. The SMILES string of the molecule is CC(C)Oc1cc(-n2nc(C(C)(C)C)oc2=O)c(Cl)cc1Cl.CCS(=O)(=O)c1cccnc1S(=O)(=O)NC(=O)Nc1nc(OC)cc(OC)n1.COc1nc(C)nc(NC(=O)NS(=O)(=O)c2ccccc2CCC(F)(F)F)n1. The summed E-state index contributed by atoms with van der Waals surface area (Å²) in [6, 6.07) is 9.39. The second-order valence-electron chi connectivity index (χ2n) is 16.8. The molecule has 424 valence electrons. The predicted octanol–water partition coefficient (Wildman–Crippen LogP) is 6.60. The number of aromatic nitrogens is 8. The smallest absolute Gasteiger partial charge is 0.442 e. The van der Waals surface area contributed by atoms with Gasteiger partial charge in [0.15, 0.2) is 14.9 Å². The van der Waals surface area contributed by atoms with Gasteiger partial charge in [-0.2, -0.15) is 51.2 Å². The van der Waals surface area contributed by atoms with Crippen molar-refractivity contribution in [2.75, 3.05) is 37.7 Å². The number of ether oxygens (including phenoxy) is 4. The average Bonchev–Trinajstić information content (AvgIpc) is 3.78. The number of anilines is 2. The van der Waals surface area contributed by atoms with Crippen molar-refractivity contribution in [3.05, 3.63) is 98.7 Å². The Balaban J connectivity index is 0.000000254. The largest absolute Gasteiger partial charge is 0.489 e. The zero-order valence-corrected chi connectivity index (χ0v) is 46.8. The van der Waals surface area contributed by atoms with E-state index in [-0.39, 0.29) is 63.3 Å². The Labute approximate surface area is 454 Å². The van der Waals surface area contributed by atoms with Crippen LogP contribution < -0.4 is 44.8 Å². The first-order chi connectivity index (χ1) is 36.2. The van der Waals surface area contributed by atoms with Gasteiger partial charge in [0.25, 0.3) is 20.0 Å². The summed E-state index contributed by atoms with van der Waals surface area (Å²) in [6.45, 7) is 12.3. The third-order valence-electron chi connectivity index (χ3n) is 9.34. The molecular weight excluding hydrogens is 1140 g/mol. The molecule has 4 amide bonds. The number of halogens is 5. The van der Waals surface area contributed by atoms with Gasteiger partial charge in [0, 0.05) is 24.1 Å². The lowest BCUT2D eigenvalue weighted by atomic mass is 9.97. The van der Waals surface area contributed by atoms with Crippen molar-refractivity contribution in [3.8, 4) is 29.2 Å². The average molecular weight is 1200 g/mol. The summed E-state index contributed by atoms with van der Waals surface area (Å²) in [7, 11) is -8.99. The molecule has 2 aromatic carbocycles. The molecule has 4 aromatic heterocycles. The van der Waals surface area contributed by atoms with Crippen LogP contribution in [0.2, 0.25) is 10.0 Å². The number of benzene rings is 2. The molecule has 4 N–H and O–H groups in total. The number of sulfonamides is 2. The van der Waals surface area contributed by atoms with Gasteiger partial charge in [-0.3, -0.25) is 10.6 Å². The molecule has 0 aliphatic rings. The first kappa shape index (κ1) is 63.1. The van der Waals surface area contributed by atoms with Crippen molar-refractivity contribution in [2.45, 2.75) is 93.8 Å². The number of urea groups is 2. The number of methoxy groups -OCH3 is 3. The summed E-state index contributed by atoms with van der Waals surface area (Å²) in [5.74, 6) is -0.415. The van der Waals surface area contributed by atoms with Crippen LogP contribution in [-0.4, -0.2) is 116 Å². The Kier molecular flexibility index (Phi) is 21.3. The summed E-state index contributed by atoms with van der Waals surface area (Å²) in [5.41, 5.74) is -0.0932. The molecule has 26 nitrogen and oxygen atoms in total. The number of nitrogens with one attached hydrogen (secondary N) is 4. The molecule has 6 aromatic rings. The van der Waals surface area contributed by atoms with Gasteiger partial charge in [0.05, 0.1) is 59.9 Å². The number of pyridine rings is 1. The Bertz CT molecular complexity index is 3510. The van der Waals surface area contributed by atoms with E-state index in [9.17, 15) is 52.8 Å². The van der Waals surface area contributed by atoms with Crippen molar-refractivity contribution in [1.82, 2.24) is 49.1 Å². The quantitative estimate of drug-likeness (QED) is 0.0792. The minimum Gasteiger partial charge on any atom is -0.489 e. The molecule has 4 heterocycles. The van der Waals surface area contributed by atoms with Crippen LogP contribution >= 0.6 is 23.2 Å². The van der Waals surface area contributed by atoms with Gasteiger partial charge in [-0.25, -0.2) is 45.6 Å². The van der Waals surface area contributed by atoms with E-state index in [1.165, 1.54) is 71.6 Å². The zero-order chi connectivity index (χ0) is 58.6. The van der Waals surface area contributed by atoms with Crippen LogP contribution in [0.15, 0.2) is 84.8 Å². The number of nitrogens with zero attached hydrogens (tertiary/aromatic N) is 8. The maximum Gasteiger partial charge on any atom is 0.442 e. The van der Waals surface area contributed by atoms with Crippen LogP contribution in [0, 0.1) is 6.92 Å². The minimum absolute atomic E-state index is 0.0612. The van der Waals surface area contributed by atoms with Crippen LogP contribution in [0.1, 0.15) is 65.2 Å². The molecule has 0 fully saturated rings. The van der Waals surface area contributed by atoms with Gasteiger partial charge in [-0.15, -0.1) is 5.10 Å². The van der Waals surface area contributed by atoms with E-state index in [1.807, 2.05) is 34.6 Å². The molecule has 0 spiro atoms. The van der Waals surface area contributed by atoms with Gasteiger partial charge < -0.3 is 23.4 Å². The lowest BCUT2D eigenvalue weighted by molar-refractivity contribution is -0.134. The van der Waals surface area contributed by atoms with Gasteiger partial charge in [-0.1, -0.05) is 69.1 Å². The van der Waals surface area contributed by atoms with Crippen LogP contribution in [0.25, 0.3) is 5.69 Å². The Morgan fingerprint density at radius 2 is 1.35 bits per heavy atom. The molecule has 0 unspecified atom stereocenters. The number of carbonyl (C=O) groups excluding carboxylic acids is 2. The van der Waals surface area contributed by atoms with Gasteiger partial charge in [0.2, 0.25) is 29.5 Å². The van der Waals surface area contributed by atoms with Crippen LogP contribution in [-0.2, 0) is 41.7 Å². The van der Waals surface area contributed by atoms with Crippen molar-refractivity contribution in [2.24, 2.45) is 0 Å². The number of sulfone groups is 1. The van der Waals surface area contributed by atoms with E-state index in [2.05, 4.69) is 45.6 Å². The Morgan fingerprint density at radius 1 is 0.769 bits per heavy atom. The van der Waals surface area contributed by atoms with E-state index in [0.717, 1.165) is 23.0 Å². The molecule has 0 bridgehead atoms. The summed E-state index contributed by atoms with van der Waals surface area (Å²) < 4.78 is 141. The summed E-state index contributed by atoms with van der Waals surface area (Å²) >= 11 is 12.3. The third-order valence-corrected chi connectivity index (χ3v) is 14.5. The number of carbonyl (C=O) groups is 2. The predicted molar refractivity (Wildman–Crippen MR) is 274 cm³/mol. The normalized spacial score (nSPS) is 11.7. The molecule has 0 radical (unpaired) electrons. The number of alkyl halides is 3. The lowest BCUT2D eigenvalue weighted by Crippen LogP contribution is -2.36. The molecule has 0 atom stereocenters. The summed E-state index contributed by atoms with van der Waals surface area (Å²) in [5, 5.41) is 8.29. The topological polar surface area (TPSA) is 347 Å². The van der Waals surface area contributed by atoms with Crippen LogP contribution in [0.4, 0.5) is 34.7 Å².